The molecule has 20 heavy (non-hydrogen) atoms. The zero-order chi connectivity index (χ0) is 15.5. The molecular formula is C12H15ClFNO4S. The molecule has 8 heteroatoms. The van der Waals surface area contributed by atoms with Crippen molar-refractivity contribution in [2.75, 3.05) is 7.11 Å². The molecule has 0 heterocycles. The van der Waals surface area contributed by atoms with E-state index in [2.05, 4.69) is 9.46 Å². The summed E-state index contributed by atoms with van der Waals surface area (Å²) in [6, 6.07) is 1.85. The van der Waals surface area contributed by atoms with Gasteiger partial charge in [0.15, 0.2) is 0 Å². The van der Waals surface area contributed by atoms with E-state index in [4.69, 9.17) is 11.6 Å². The molecule has 0 bridgehead atoms. The maximum absolute atomic E-state index is 12.9. The van der Waals surface area contributed by atoms with Crippen LogP contribution < -0.4 is 4.72 Å². The number of carbonyl (C=O) groups excluding carboxylic acids is 1. The highest BCUT2D eigenvalue weighted by atomic mass is 35.5. The van der Waals surface area contributed by atoms with Gasteiger partial charge in [-0.1, -0.05) is 25.4 Å². The van der Waals surface area contributed by atoms with Crippen LogP contribution in [0.25, 0.3) is 0 Å². The Morgan fingerprint density at radius 2 is 2.00 bits per heavy atom. The van der Waals surface area contributed by atoms with Crippen LogP contribution in [0.3, 0.4) is 0 Å². The lowest BCUT2D eigenvalue weighted by molar-refractivity contribution is -0.143. The maximum Gasteiger partial charge on any atom is 0.324 e. The third-order valence-corrected chi connectivity index (χ3v) is 4.51. The Morgan fingerprint density at radius 1 is 1.40 bits per heavy atom. The number of carbonyl (C=O) groups is 1. The Balaban J connectivity index is 3.13. The first-order valence-corrected chi connectivity index (χ1v) is 7.60. The van der Waals surface area contributed by atoms with E-state index >= 15 is 0 Å². The van der Waals surface area contributed by atoms with E-state index in [9.17, 15) is 17.6 Å². The number of ether oxygens (including phenoxy) is 1. The molecule has 0 amide bonds. The lowest BCUT2D eigenvalue weighted by Gasteiger charge is -2.20. The van der Waals surface area contributed by atoms with Crippen molar-refractivity contribution >= 4 is 27.6 Å². The average Bonchev–Trinajstić information content (AvgIpc) is 2.34. The van der Waals surface area contributed by atoms with E-state index in [0.717, 1.165) is 25.3 Å². The fraction of sp³-hybridized carbons (Fsp3) is 0.417. The number of hydrogen-bond acceptors (Lipinski definition) is 4. The third kappa shape index (κ3) is 3.91. The molecule has 1 aromatic rings. The van der Waals surface area contributed by atoms with Gasteiger partial charge in [-0.25, -0.2) is 12.8 Å². The van der Waals surface area contributed by atoms with Crippen LogP contribution in [0.15, 0.2) is 23.1 Å². The van der Waals surface area contributed by atoms with Crippen LogP contribution in [0.4, 0.5) is 4.39 Å². The monoisotopic (exact) mass is 323 g/mol. The van der Waals surface area contributed by atoms with Gasteiger partial charge in [-0.3, -0.25) is 4.79 Å². The quantitative estimate of drug-likeness (QED) is 0.841. The van der Waals surface area contributed by atoms with Gasteiger partial charge in [-0.05, 0) is 24.1 Å². The predicted molar refractivity (Wildman–Crippen MR) is 72.4 cm³/mol. The molecule has 0 saturated carbocycles. The van der Waals surface area contributed by atoms with Crippen LogP contribution >= 0.6 is 11.6 Å². The molecule has 0 spiro atoms. The summed E-state index contributed by atoms with van der Waals surface area (Å²) in [4.78, 5) is 11.3. The van der Waals surface area contributed by atoms with Crippen LogP contribution in [0.2, 0.25) is 5.02 Å². The number of sulfonamides is 1. The lowest BCUT2D eigenvalue weighted by Crippen LogP contribution is -2.44. The first-order chi connectivity index (χ1) is 9.19. The molecular weight excluding hydrogens is 309 g/mol. The Hall–Kier alpha value is -1.18. The first kappa shape index (κ1) is 16.9. The summed E-state index contributed by atoms with van der Waals surface area (Å²) >= 11 is 5.72. The zero-order valence-corrected chi connectivity index (χ0v) is 12.8. The number of halogens is 2. The van der Waals surface area contributed by atoms with Gasteiger partial charge in [0.1, 0.15) is 16.8 Å². The summed E-state index contributed by atoms with van der Waals surface area (Å²) in [6.45, 7) is 3.33. The summed E-state index contributed by atoms with van der Waals surface area (Å²) in [7, 11) is -2.89. The highest BCUT2D eigenvalue weighted by Crippen LogP contribution is 2.23. The van der Waals surface area contributed by atoms with Crippen molar-refractivity contribution in [3.63, 3.8) is 0 Å². The Kier molecular flexibility index (Phi) is 5.50. The molecule has 1 rings (SSSR count). The molecule has 0 aliphatic heterocycles. The van der Waals surface area contributed by atoms with E-state index in [1.807, 2.05) is 0 Å². The van der Waals surface area contributed by atoms with Gasteiger partial charge >= 0.3 is 5.97 Å². The average molecular weight is 324 g/mol. The highest BCUT2D eigenvalue weighted by molar-refractivity contribution is 7.89. The van der Waals surface area contributed by atoms with E-state index in [-0.39, 0.29) is 15.8 Å². The SMILES string of the molecule is COC(=O)C(NS(=O)(=O)c1ccc(F)cc1Cl)C(C)C. The highest BCUT2D eigenvalue weighted by Gasteiger charge is 2.30. The summed E-state index contributed by atoms with van der Waals surface area (Å²) < 4.78 is 44.0. The van der Waals surface area contributed by atoms with Gasteiger partial charge < -0.3 is 4.74 Å². The topological polar surface area (TPSA) is 72.5 Å². The molecule has 5 nitrogen and oxygen atoms in total. The van der Waals surface area contributed by atoms with Crippen molar-refractivity contribution in [2.45, 2.75) is 24.8 Å². The van der Waals surface area contributed by atoms with Crippen LogP contribution in [0, 0.1) is 11.7 Å². The second-order valence-electron chi connectivity index (χ2n) is 4.44. The van der Waals surface area contributed by atoms with Crippen LogP contribution in [0.1, 0.15) is 13.8 Å². The number of hydrogen-bond donors (Lipinski definition) is 1. The molecule has 0 aromatic heterocycles. The normalized spacial score (nSPS) is 13.3. The molecule has 112 valence electrons. The van der Waals surface area contributed by atoms with Crippen LogP contribution in [-0.4, -0.2) is 27.5 Å². The van der Waals surface area contributed by atoms with Crippen molar-refractivity contribution in [2.24, 2.45) is 5.92 Å². The van der Waals surface area contributed by atoms with E-state index in [0.29, 0.717) is 0 Å². The van der Waals surface area contributed by atoms with Gasteiger partial charge in [-0.15, -0.1) is 0 Å². The van der Waals surface area contributed by atoms with Gasteiger partial charge in [0, 0.05) is 0 Å². The first-order valence-electron chi connectivity index (χ1n) is 5.74. The number of rotatable bonds is 5. The number of esters is 1. The number of nitrogens with one attached hydrogen (secondary N) is 1. The fourth-order valence-electron chi connectivity index (χ4n) is 1.51. The minimum Gasteiger partial charge on any atom is -0.468 e. The van der Waals surface area contributed by atoms with Crippen molar-refractivity contribution in [1.29, 1.82) is 0 Å². The summed E-state index contributed by atoms with van der Waals surface area (Å²) in [5.41, 5.74) is 0. The molecule has 0 saturated heterocycles. The number of benzene rings is 1. The smallest absolute Gasteiger partial charge is 0.324 e. The Bertz CT molecular complexity index is 603. The largest absolute Gasteiger partial charge is 0.468 e. The second-order valence-corrected chi connectivity index (χ2v) is 6.53. The summed E-state index contributed by atoms with van der Waals surface area (Å²) in [5.74, 6) is -1.68. The van der Waals surface area contributed by atoms with Crippen LogP contribution in [-0.2, 0) is 19.6 Å². The van der Waals surface area contributed by atoms with Crippen molar-refractivity contribution in [1.82, 2.24) is 4.72 Å². The molecule has 1 unspecified atom stereocenters. The standard InChI is InChI=1S/C12H15ClFNO4S/c1-7(2)11(12(16)19-3)15-20(17,18)10-5-4-8(14)6-9(10)13/h4-7,11,15H,1-3H3. The maximum atomic E-state index is 12.9. The molecule has 0 fully saturated rings. The molecule has 0 aliphatic rings. The fourth-order valence-corrected chi connectivity index (χ4v) is 3.37. The van der Waals surface area contributed by atoms with Crippen molar-refractivity contribution in [3.05, 3.63) is 29.0 Å². The Morgan fingerprint density at radius 3 is 2.45 bits per heavy atom. The van der Waals surface area contributed by atoms with Gasteiger partial charge in [0.25, 0.3) is 0 Å². The van der Waals surface area contributed by atoms with E-state index < -0.39 is 27.9 Å². The molecule has 0 radical (unpaired) electrons. The lowest BCUT2D eigenvalue weighted by atomic mass is 10.1. The van der Waals surface area contributed by atoms with E-state index in [1.54, 1.807) is 13.8 Å². The third-order valence-electron chi connectivity index (χ3n) is 2.59. The molecule has 0 aliphatic carbocycles. The van der Waals surface area contributed by atoms with Gasteiger partial charge in [0.2, 0.25) is 10.0 Å². The minimum atomic E-state index is -4.06. The number of methoxy groups -OCH3 is 1. The van der Waals surface area contributed by atoms with E-state index in [1.165, 1.54) is 0 Å². The minimum absolute atomic E-state index is 0.259. The molecule has 1 N–H and O–H groups in total. The van der Waals surface area contributed by atoms with Gasteiger partial charge in [-0.2, -0.15) is 4.72 Å². The van der Waals surface area contributed by atoms with Crippen molar-refractivity contribution in [3.8, 4) is 0 Å². The summed E-state index contributed by atoms with van der Waals surface area (Å²) in [5, 5.41) is -0.259. The zero-order valence-electron chi connectivity index (χ0n) is 11.2. The van der Waals surface area contributed by atoms with Crippen molar-refractivity contribution < 1.29 is 22.3 Å². The summed E-state index contributed by atoms with van der Waals surface area (Å²) in [6.07, 6.45) is 0. The molecule has 1 aromatic carbocycles. The Labute approximate surface area is 122 Å². The predicted octanol–water partition coefficient (Wildman–Crippen LogP) is 1.95. The van der Waals surface area contributed by atoms with Crippen LogP contribution in [0.5, 0.6) is 0 Å². The second kappa shape index (κ2) is 6.51. The van der Waals surface area contributed by atoms with Gasteiger partial charge in [0.05, 0.1) is 12.1 Å². The molecule has 1 atom stereocenters.